The Morgan fingerprint density at radius 1 is 0.923 bits per heavy atom. The van der Waals surface area contributed by atoms with Crippen molar-refractivity contribution < 1.29 is 14.6 Å². The number of nitrogens with zero attached hydrogens (tertiary/aromatic N) is 1. The first-order valence-corrected chi connectivity index (χ1v) is 7.77. The van der Waals surface area contributed by atoms with Gasteiger partial charge in [-0.25, -0.2) is 0 Å². The van der Waals surface area contributed by atoms with E-state index < -0.39 is 0 Å². The zero-order valence-electron chi connectivity index (χ0n) is 15.6. The van der Waals surface area contributed by atoms with E-state index in [-0.39, 0.29) is 50.4 Å². The molecule has 0 radical (unpaired) electrons. The van der Waals surface area contributed by atoms with Crippen LogP contribution in [0.15, 0.2) is 4.99 Å². The molecule has 10 nitrogen and oxygen atoms in total. The number of carbonyl (C=O) groups is 2. The molecular formula is C16H40N8O2. The normalized spacial score (nSPS) is 11.2. The number of carbonyl (C=O) groups excluding carboxylic acids is 2. The number of hydrogen-bond donors (Lipinski definition) is 7. The van der Waals surface area contributed by atoms with E-state index in [4.69, 9.17) is 34.4 Å². The van der Waals surface area contributed by atoms with E-state index in [0.29, 0.717) is 25.9 Å². The maximum Gasteiger partial charge on any atom is 0.338 e. The number of rotatable bonds is 10. The zero-order valence-corrected chi connectivity index (χ0v) is 15.6. The minimum atomic E-state index is -0.376. The summed E-state index contributed by atoms with van der Waals surface area (Å²) in [5, 5.41) is 0. The lowest BCUT2D eigenvalue weighted by Gasteiger charge is -2.04. The lowest BCUT2D eigenvalue weighted by Crippen LogP contribution is -2.78. The molecule has 10 heteroatoms. The van der Waals surface area contributed by atoms with Gasteiger partial charge in [-0.05, 0) is 39.5 Å². The van der Waals surface area contributed by atoms with Crippen molar-refractivity contribution in [2.45, 2.75) is 59.0 Å². The predicted molar refractivity (Wildman–Crippen MR) is 109 cm³/mol. The zero-order chi connectivity index (χ0) is 19.1. The van der Waals surface area contributed by atoms with Crippen molar-refractivity contribution in [3.8, 4) is 0 Å². The third-order valence-corrected chi connectivity index (χ3v) is 3.03. The maximum atomic E-state index is 10.7. The second kappa shape index (κ2) is 19.1. The largest absolute Gasteiger partial charge is 0.370 e. The third kappa shape index (κ3) is 24.1. The fraction of sp³-hybridized carbons (Fsp3) is 0.688. The molecule has 0 saturated heterocycles. The molecule has 0 aliphatic rings. The third-order valence-electron chi connectivity index (χ3n) is 3.03. The van der Waals surface area contributed by atoms with Crippen molar-refractivity contribution in [3.05, 3.63) is 7.43 Å². The topological polar surface area (TPSA) is 217 Å². The summed E-state index contributed by atoms with van der Waals surface area (Å²) >= 11 is 0. The summed E-state index contributed by atoms with van der Waals surface area (Å²) in [5.74, 6) is 0.289. The first kappa shape index (κ1) is 31.6. The Bertz CT molecular complexity index is 390. The minimum absolute atomic E-state index is 0. The Kier molecular flexibility index (Phi) is 23.2. The average molecular weight is 377 g/mol. The summed E-state index contributed by atoms with van der Waals surface area (Å²) in [5.41, 5.74) is 31.5. The van der Waals surface area contributed by atoms with Crippen molar-refractivity contribution in [1.29, 1.82) is 0 Å². The van der Waals surface area contributed by atoms with Gasteiger partial charge in [-0.2, -0.15) is 0 Å². The van der Waals surface area contributed by atoms with E-state index in [1.165, 1.54) is 13.8 Å². The van der Waals surface area contributed by atoms with Gasteiger partial charge in [0.25, 0.3) is 0 Å². The monoisotopic (exact) mass is 376 g/mol. The van der Waals surface area contributed by atoms with Crippen molar-refractivity contribution in [1.82, 2.24) is 0 Å². The van der Waals surface area contributed by atoms with Gasteiger partial charge in [-0.3, -0.25) is 31.0 Å². The molecule has 0 bridgehead atoms. The molecule has 0 aliphatic carbocycles. The molecule has 0 spiro atoms. The summed E-state index contributed by atoms with van der Waals surface area (Å²) in [4.78, 5) is 27.8. The highest BCUT2D eigenvalue weighted by molar-refractivity contribution is 5.81. The smallest absolute Gasteiger partial charge is 0.338 e. The Hall–Kier alpha value is -2.20. The van der Waals surface area contributed by atoms with Crippen molar-refractivity contribution in [2.75, 3.05) is 13.1 Å². The van der Waals surface area contributed by atoms with Crippen LogP contribution in [0.2, 0.25) is 0 Å². The van der Waals surface area contributed by atoms with Crippen LogP contribution in [-0.2, 0) is 9.59 Å². The van der Waals surface area contributed by atoms with Gasteiger partial charge < -0.3 is 30.4 Å². The van der Waals surface area contributed by atoms with E-state index in [1.54, 1.807) is 0 Å². The summed E-state index contributed by atoms with van der Waals surface area (Å²) in [6, 6.07) is -0.731. The highest BCUT2D eigenvalue weighted by atomic mass is 16.1. The number of guanidine groups is 2. The molecule has 13 N–H and O–H groups in total. The van der Waals surface area contributed by atoms with Crippen LogP contribution < -0.4 is 39.4 Å². The van der Waals surface area contributed by atoms with Crippen LogP contribution in [0.3, 0.4) is 0 Å². The Morgan fingerprint density at radius 2 is 1.35 bits per heavy atom. The van der Waals surface area contributed by atoms with Crippen LogP contribution in [0, 0.1) is 7.43 Å². The fourth-order valence-electron chi connectivity index (χ4n) is 1.48. The fourth-order valence-corrected chi connectivity index (χ4v) is 1.48. The highest BCUT2D eigenvalue weighted by Crippen LogP contribution is 1.95. The quantitative estimate of drug-likeness (QED) is 0.0904. The first-order chi connectivity index (χ1) is 11.1. The van der Waals surface area contributed by atoms with Crippen LogP contribution in [0.25, 0.3) is 0 Å². The van der Waals surface area contributed by atoms with Crippen LogP contribution in [0.5, 0.6) is 0 Å². The lowest BCUT2D eigenvalue weighted by atomic mass is 10.1. The molecule has 0 saturated carbocycles. The summed E-state index contributed by atoms with van der Waals surface area (Å²) in [6.45, 7) is 4.15. The number of nitrogens with one attached hydrogen (secondary N) is 1. The van der Waals surface area contributed by atoms with Crippen LogP contribution in [-0.4, -0.2) is 48.7 Å². The van der Waals surface area contributed by atoms with Gasteiger partial charge in [0.05, 0.1) is 18.6 Å². The number of nitrogens with two attached hydrogens (primary N) is 6. The molecule has 1 unspecified atom stereocenters. The van der Waals surface area contributed by atoms with Crippen LogP contribution in [0.4, 0.5) is 0 Å². The molecule has 0 amide bonds. The highest BCUT2D eigenvalue weighted by Gasteiger charge is 2.06. The van der Waals surface area contributed by atoms with Gasteiger partial charge in [-0.15, -0.1) is 0 Å². The standard InChI is InChI=1S/2C7H16N4O.CH4.CH3/c2*1-5(12)6(8)3-2-4-11-7(9)10;;/h2*6H,2-4,8H2,1H3,(H4,9,10,11);1H4;1H3/q;;;-1/p+1/t6-;;;/m0.../s1. The van der Waals surface area contributed by atoms with Gasteiger partial charge in [0.2, 0.25) is 0 Å². The van der Waals surface area contributed by atoms with E-state index in [1.807, 2.05) is 0 Å². The van der Waals surface area contributed by atoms with Crippen molar-refractivity contribution in [3.63, 3.8) is 0 Å². The molecule has 0 aromatic rings. The maximum absolute atomic E-state index is 10.7. The predicted octanol–water partition coefficient (Wildman–Crippen LogP) is -2.92. The van der Waals surface area contributed by atoms with E-state index in [0.717, 1.165) is 12.8 Å². The molecule has 0 aromatic heterocycles. The minimum Gasteiger partial charge on any atom is -0.370 e. The van der Waals surface area contributed by atoms with Gasteiger partial charge in [0.1, 0.15) is 11.6 Å². The molecule has 0 fully saturated rings. The molecule has 0 rings (SSSR count). The van der Waals surface area contributed by atoms with Crippen LogP contribution in [0.1, 0.15) is 47.0 Å². The summed E-state index contributed by atoms with van der Waals surface area (Å²) < 4.78 is 0. The van der Waals surface area contributed by atoms with Crippen molar-refractivity contribution in [2.24, 2.45) is 39.4 Å². The molecule has 0 heterocycles. The average Bonchev–Trinajstić information content (AvgIpc) is 2.47. The first-order valence-electron chi connectivity index (χ1n) is 7.77. The van der Waals surface area contributed by atoms with Gasteiger partial charge in [-0.1, -0.05) is 7.43 Å². The van der Waals surface area contributed by atoms with E-state index in [2.05, 4.69) is 9.98 Å². The molecule has 2 atom stereocenters. The molecule has 0 aromatic carbocycles. The van der Waals surface area contributed by atoms with Gasteiger partial charge in [0, 0.05) is 6.54 Å². The van der Waals surface area contributed by atoms with Crippen molar-refractivity contribution >= 4 is 23.5 Å². The molecule has 156 valence electrons. The summed E-state index contributed by atoms with van der Waals surface area (Å²) in [6.07, 6.45) is 2.82. The van der Waals surface area contributed by atoms with Gasteiger partial charge in [0.15, 0.2) is 5.96 Å². The lowest BCUT2D eigenvalue weighted by molar-refractivity contribution is -0.459. The van der Waals surface area contributed by atoms with Gasteiger partial charge >= 0.3 is 5.96 Å². The molecular weight excluding hydrogens is 336 g/mol. The number of ketones is 2. The molecule has 0 aliphatic heterocycles. The number of aliphatic imine (C=N–C) groups is 1. The number of hydrogen-bond acceptors (Lipinski definition) is 5. The Balaban J connectivity index is -0.000000173. The van der Waals surface area contributed by atoms with E-state index >= 15 is 0 Å². The Morgan fingerprint density at radius 3 is 1.69 bits per heavy atom. The second-order valence-corrected chi connectivity index (χ2v) is 5.41. The number of Topliss-reactive ketones (excluding diaryl/α,β-unsaturated/α-hetero) is 2. The SMILES string of the molecule is C.CC(=O)C(N)CCC[NH+]=C(N)N.CC(=O)[C@@H](N)CCCN=C(N)N.[CH3-]. The Labute approximate surface area is 157 Å². The van der Waals surface area contributed by atoms with E-state index in [9.17, 15) is 9.59 Å². The second-order valence-electron chi connectivity index (χ2n) is 5.41. The molecule has 26 heavy (non-hydrogen) atoms. The summed E-state index contributed by atoms with van der Waals surface area (Å²) in [7, 11) is 0. The van der Waals surface area contributed by atoms with Crippen LogP contribution >= 0.6 is 0 Å².